The molecule has 1 aromatic carbocycles. The minimum Gasteiger partial charge on any atom is -0.384 e. The zero-order valence-corrected chi connectivity index (χ0v) is 9.10. The predicted molar refractivity (Wildman–Crippen MR) is 56.9 cm³/mol. The Balaban J connectivity index is 2.92. The first-order chi connectivity index (χ1) is 6.95. The van der Waals surface area contributed by atoms with E-state index in [1.165, 1.54) is 6.07 Å². The van der Waals surface area contributed by atoms with Crippen LogP contribution in [0.5, 0.6) is 0 Å². The van der Waals surface area contributed by atoms with Crippen LogP contribution in [0, 0.1) is 0 Å². The Hall–Kier alpha value is -0.650. The third-order valence-corrected chi connectivity index (χ3v) is 2.78. The molecule has 0 saturated carbocycles. The van der Waals surface area contributed by atoms with E-state index in [2.05, 4.69) is 0 Å². The molecule has 5 heteroatoms. The van der Waals surface area contributed by atoms with Crippen LogP contribution in [0.4, 0.5) is 8.78 Å². The Morgan fingerprint density at radius 2 is 2.20 bits per heavy atom. The molecule has 1 atom stereocenters. The lowest BCUT2D eigenvalue weighted by molar-refractivity contribution is 0.0666. The van der Waals surface area contributed by atoms with E-state index in [1.54, 1.807) is 25.1 Å². The van der Waals surface area contributed by atoms with Crippen molar-refractivity contribution < 1.29 is 13.9 Å². The van der Waals surface area contributed by atoms with E-state index in [9.17, 15) is 13.9 Å². The number of hydrogen-bond donors (Lipinski definition) is 2. The standard InChI is InChI=1S/C10H13F2NOS/c1-10(14,6-13)7-3-2-4-8(5-7)15-9(11)12/h2-5,9,14H,6,13H2,1H3. The second kappa shape index (κ2) is 4.92. The number of rotatable bonds is 4. The highest BCUT2D eigenvalue weighted by atomic mass is 32.2. The van der Waals surface area contributed by atoms with Gasteiger partial charge in [0.1, 0.15) is 0 Å². The molecule has 1 unspecified atom stereocenters. The number of thioether (sulfide) groups is 1. The third kappa shape index (κ3) is 3.44. The highest BCUT2D eigenvalue weighted by Crippen LogP contribution is 2.28. The van der Waals surface area contributed by atoms with Crippen LogP contribution in [-0.4, -0.2) is 17.4 Å². The normalized spacial score (nSPS) is 15.3. The molecule has 0 amide bonds. The van der Waals surface area contributed by atoms with Gasteiger partial charge < -0.3 is 10.8 Å². The number of hydrogen-bond acceptors (Lipinski definition) is 3. The summed E-state index contributed by atoms with van der Waals surface area (Å²) in [6.45, 7) is 1.61. The molecule has 0 radical (unpaired) electrons. The first-order valence-electron chi connectivity index (χ1n) is 4.43. The largest absolute Gasteiger partial charge is 0.384 e. The molecule has 1 aromatic rings. The fraction of sp³-hybridized carbons (Fsp3) is 0.400. The molecule has 0 heterocycles. The molecule has 2 nitrogen and oxygen atoms in total. The van der Waals surface area contributed by atoms with Crippen LogP contribution < -0.4 is 5.73 Å². The van der Waals surface area contributed by atoms with Crippen LogP contribution in [-0.2, 0) is 5.60 Å². The average Bonchev–Trinajstić information content (AvgIpc) is 2.17. The second-order valence-corrected chi connectivity index (χ2v) is 4.45. The maximum Gasteiger partial charge on any atom is 0.288 e. The fourth-order valence-corrected chi connectivity index (χ4v) is 1.68. The van der Waals surface area contributed by atoms with Crippen LogP contribution in [0.3, 0.4) is 0 Å². The number of alkyl halides is 2. The van der Waals surface area contributed by atoms with Gasteiger partial charge in [0.2, 0.25) is 0 Å². The van der Waals surface area contributed by atoms with Crippen LogP contribution in [0.1, 0.15) is 12.5 Å². The number of aliphatic hydroxyl groups is 1. The summed E-state index contributed by atoms with van der Waals surface area (Å²) in [4.78, 5) is 0.427. The molecule has 0 aromatic heterocycles. The summed E-state index contributed by atoms with van der Waals surface area (Å²) >= 11 is 0.454. The Kier molecular flexibility index (Phi) is 4.07. The summed E-state index contributed by atoms with van der Waals surface area (Å²) in [5, 5.41) is 9.83. The van der Waals surface area contributed by atoms with Crippen molar-refractivity contribution in [3.63, 3.8) is 0 Å². The van der Waals surface area contributed by atoms with E-state index in [-0.39, 0.29) is 6.54 Å². The minimum atomic E-state index is -2.46. The molecular weight excluding hydrogens is 220 g/mol. The highest BCUT2D eigenvalue weighted by Gasteiger charge is 2.21. The van der Waals surface area contributed by atoms with Gasteiger partial charge in [0.05, 0.1) is 5.60 Å². The summed E-state index contributed by atoms with van der Waals surface area (Å²) in [6, 6.07) is 6.41. The highest BCUT2D eigenvalue weighted by molar-refractivity contribution is 7.99. The van der Waals surface area contributed by atoms with Crippen LogP contribution >= 0.6 is 11.8 Å². The third-order valence-electron chi connectivity index (χ3n) is 2.08. The van der Waals surface area contributed by atoms with Gasteiger partial charge in [-0.25, -0.2) is 0 Å². The number of halogens is 2. The Morgan fingerprint density at radius 3 is 2.73 bits per heavy atom. The quantitative estimate of drug-likeness (QED) is 0.783. The lowest BCUT2D eigenvalue weighted by atomic mass is 9.96. The molecule has 0 aliphatic rings. The van der Waals surface area contributed by atoms with Gasteiger partial charge >= 0.3 is 0 Å². The van der Waals surface area contributed by atoms with Gasteiger partial charge in [0.15, 0.2) is 0 Å². The van der Waals surface area contributed by atoms with Gasteiger partial charge in [0, 0.05) is 11.4 Å². The van der Waals surface area contributed by atoms with Gasteiger partial charge in [-0.2, -0.15) is 8.78 Å². The van der Waals surface area contributed by atoms with Crippen LogP contribution in [0.2, 0.25) is 0 Å². The van der Waals surface area contributed by atoms with E-state index in [4.69, 9.17) is 5.73 Å². The van der Waals surface area contributed by atoms with Crippen molar-refractivity contribution in [3.8, 4) is 0 Å². The first-order valence-corrected chi connectivity index (χ1v) is 5.31. The van der Waals surface area contributed by atoms with E-state index in [0.717, 1.165) is 0 Å². The molecule has 0 spiro atoms. The molecule has 84 valence electrons. The van der Waals surface area contributed by atoms with E-state index >= 15 is 0 Å². The van der Waals surface area contributed by atoms with Gasteiger partial charge in [-0.1, -0.05) is 23.9 Å². The van der Waals surface area contributed by atoms with Crippen molar-refractivity contribution in [1.29, 1.82) is 0 Å². The van der Waals surface area contributed by atoms with Crippen molar-refractivity contribution in [1.82, 2.24) is 0 Å². The van der Waals surface area contributed by atoms with Crippen molar-refractivity contribution in [3.05, 3.63) is 29.8 Å². The van der Waals surface area contributed by atoms with Gasteiger partial charge in [-0.3, -0.25) is 0 Å². The molecule has 0 saturated heterocycles. The van der Waals surface area contributed by atoms with Crippen molar-refractivity contribution in [2.75, 3.05) is 6.54 Å². The fourth-order valence-electron chi connectivity index (χ4n) is 1.13. The average molecular weight is 233 g/mol. The summed E-state index contributed by atoms with van der Waals surface area (Å²) in [5.41, 5.74) is 4.77. The number of nitrogens with two attached hydrogens (primary N) is 1. The molecule has 3 N–H and O–H groups in total. The van der Waals surface area contributed by atoms with Gasteiger partial charge in [-0.05, 0) is 24.6 Å². The minimum absolute atomic E-state index is 0.0514. The zero-order valence-electron chi connectivity index (χ0n) is 8.28. The molecule has 0 aliphatic heterocycles. The summed E-state index contributed by atoms with van der Waals surface area (Å²) in [7, 11) is 0. The topological polar surface area (TPSA) is 46.2 Å². The second-order valence-electron chi connectivity index (χ2n) is 3.38. The molecule has 15 heavy (non-hydrogen) atoms. The maximum atomic E-state index is 12.1. The SMILES string of the molecule is CC(O)(CN)c1cccc(SC(F)F)c1. The zero-order chi connectivity index (χ0) is 11.5. The van der Waals surface area contributed by atoms with Crippen molar-refractivity contribution in [2.45, 2.75) is 23.2 Å². The van der Waals surface area contributed by atoms with Crippen molar-refractivity contribution >= 4 is 11.8 Å². The summed E-state index contributed by atoms with van der Waals surface area (Å²) < 4.78 is 24.2. The van der Waals surface area contributed by atoms with Gasteiger partial charge in [-0.15, -0.1) is 0 Å². The molecule has 0 fully saturated rings. The summed E-state index contributed by atoms with van der Waals surface area (Å²) in [5.74, 6) is -2.46. The predicted octanol–water partition coefficient (Wildman–Crippen LogP) is 2.17. The Labute approximate surface area is 91.5 Å². The van der Waals surface area contributed by atoms with E-state index in [0.29, 0.717) is 22.2 Å². The first kappa shape index (κ1) is 12.4. The van der Waals surface area contributed by atoms with Crippen LogP contribution in [0.15, 0.2) is 29.2 Å². The van der Waals surface area contributed by atoms with Crippen molar-refractivity contribution in [2.24, 2.45) is 5.73 Å². The Morgan fingerprint density at radius 1 is 1.53 bits per heavy atom. The smallest absolute Gasteiger partial charge is 0.288 e. The molecule has 1 rings (SSSR count). The molecule has 0 bridgehead atoms. The molecule has 0 aliphatic carbocycles. The lowest BCUT2D eigenvalue weighted by Gasteiger charge is -2.22. The van der Waals surface area contributed by atoms with Crippen LogP contribution in [0.25, 0.3) is 0 Å². The maximum absolute atomic E-state index is 12.1. The Bertz CT molecular complexity index is 331. The van der Waals surface area contributed by atoms with Gasteiger partial charge in [0.25, 0.3) is 5.76 Å². The molecular formula is C10H13F2NOS. The van der Waals surface area contributed by atoms with E-state index < -0.39 is 11.4 Å². The number of benzene rings is 1. The van der Waals surface area contributed by atoms with E-state index in [1.807, 2.05) is 0 Å². The monoisotopic (exact) mass is 233 g/mol. The summed E-state index contributed by atoms with van der Waals surface area (Å²) in [6.07, 6.45) is 0. The lowest BCUT2D eigenvalue weighted by Crippen LogP contribution is -2.31.